The molecule has 6 nitrogen and oxygen atoms in total. The van der Waals surface area contributed by atoms with Crippen LogP contribution in [-0.2, 0) is 0 Å². The summed E-state index contributed by atoms with van der Waals surface area (Å²) in [4.78, 5) is 11.1. The highest BCUT2D eigenvalue weighted by Crippen LogP contribution is 2.26. The summed E-state index contributed by atoms with van der Waals surface area (Å²) in [6.07, 6.45) is 11.8. The molecule has 3 aromatic heterocycles. The summed E-state index contributed by atoms with van der Waals surface area (Å²) < 4.78 is 7.87. The Morgan fingerprint density at radius 1 is 1.00 bits per heavy atom. The fourth-order valence-corrected chi connectivity index (χ4v) is 4.13. The number of ether oxygens (including phenoxy) is 1. The van der Waals surface area contributed by atoms with Gasteiger partial charge < -0.3 is 9.64 Å². The first-order chi connectivity index (χ1) is 14.8. The second-order valence-corrected chi connectivity index (χ2v) is 8.01. The van der Waals surface area contributed by atoms with E-state index in [0.29, 0.717) is 5.92 Å². The molecule has 0 N–H and O–H groups in total. The van der Waals surface area contributed by atoms with Gasteiger partial charge in [0.15, 0.2) is 5.65 Å². The van der Waals surface area contributed by atoms with Gasteiger partial charge in [-0.25, -0.2) is 9.50 Å². The monoisotopic (exact) mass is 399 g/mol. The molecule has 1 aliphatic heterocycles. The predicted molar refractivity (Wildman–Crippen MR) is 117 cm³/mol. The van der Waals surface area contributed by atoms with E-state index in [9.17, 15) is 0 Å². The van der Waals surface area contributed by atoms with Gasteiger partial charge in [-0.05, 0) is 61.8 Å². The van der Waals surface area contributed by atoms with E-state index in [0.717, 1.165) is 46.8 Å². The molecule has 1 aliphatic rings. The number of fused-ring (bicyclic) bond motifs is 1. The lowest BCUT2D eigenvalue weighted by atomic mass is 9.99. The molecule has 4 aromatic rings. The molecule has 6 heteroatoms. The van der Waals surface area contributed by atoms with Crippen LogP contribution in [0, 0.1) is 5.92 Å². The molecule has 0 bridgehead atoms. The lowest BCUT2D eigenvalue weighted by molar-refractivity contribution is 0.150. The number of pyridine rings is 1. The van der Waals surface area contributed by atoms with Crippen LogP contribution in [0.4, 0.5) is 0 Å². The third-order valence-corrected chi connectivity index (χ3v) is 5.74. The lowest BCUT2D eigenvalue weighted by Gasteiger charge is -2.29. The number of benzene rings is 1. The van der Waals surface area contributed by atoms with Crippen molar-refractivity contribution in [1.29, 1.82) is 0 Å². The van der Waals surface area contributed by atoms with Crippen molar-refractivity contribution in [2.75, 3.05) is 26.7 Å². The summed E-state index contributed by atoms with van der Waals surface area (Å²) in [6.45, 7) is 3.10. The van der Waals surface area contributed by atoms with E-state index >= 15 is 0 Å². The number of nitrogens with zero attached hydrogens (tertiary/aromatic N) is 5. The van der Waals surface area contributed by atoms with Crippen LogP contribution in [0.5, 0.6) is 5.75 Å². The molecular weight excluding hydrogens is 374 g/mol. The van der Waals surface area contributed by atoms with Crippen LogP contribution >= 0.6 is 0 Å². The molecule has 152 valence electrons. The minimum absolute atomic E-state index is 0.615. The predicted octanol–water partition coefficient (Wildman–Crippen LogP) is 4.18. The van der Waals surface area contributed by atoms with Crippen molar-refractivity contribution in [1.82, 2.24) is 24.5 Å². The first kappa shape index (κ1) is 18.8. The minimum Gasteiger partial charge on any atom is -0.493 e. The summed E-state index contributed by atoms with van der Waals surface area (Å²) in [6, 6.07) is 12.2. The SMILES string of the molecule is CN1CCCC(COc2ccc(-c3cnc4c(-c5ccncc5)cnn4c3)cc2)C1. The Bertz CT molecular complexity index is 1120. The molecule has 1 atom stereocenters. The highest BCUT2D eigenvalue weighted by atomic mass is 16.5. The molecule has 0 saturated carbocycles. The van der Waals surface area contributed by atoms with Gasteiger partial charge in [-0.15, -0.1) is 0 Å². The summed E-state index contributed by atoms with van der Waals surface area (Å²) in [7, 11) is 2.19. The van der Waals surface area contributed by atoms with Crippen molar-refractivity contribution in [2.24, 2.45) is 5.92 Å². The Labute approximate surface area is 176 Å². The highest BCUT2D eigenvalue weighted by molar-refractivity contribution is 5.77. The van der Waals surface area contributed by atoms with Crippen molar-refractivity contribution in [3.63, 3.8) is 0 Å². The number of rotatable bonds is 5. The molecule has 1 fully saturated rings. The topological polar surface area (TPSA) is 55.5 Å². The molecule has 0 amide bonds. The molecule has 30 heavy (non-hydrogen) atoms. The zero-order valence-electron chi connectivity index (χ0n) is 17.1. The first-order valence-electron chi connectivity index (χ1n) is 10.4. The molecule has 1 saturated heterocycles. The van der Waals surface area contributed by atoms with Gasteiger partial charge in [0.25, 0.3) is 0 Å². The Hall–Kier alpha value is -3.25. The molecule has 0 spiro atoms. The lowest BCUT2D eigenvalue weighted by Crippen LogP contribution is -2.34. The van der Waals surface area contributed by atoms with Gasteiger partial charge in [0, 0.05) is 48.4 Å². The molecule has 0 radical (unpaired) electrons. The van der Waals surface area contributed by atoms with Gasteiger partial charge in [0.1, 0.15) is 5.75 Å². The summed E-state index contributed by atoms with van der Waals surface area (Å²) >= 11 is 0. The van der Waals surface area contributed by atoms with Gasteiger partial charge >= 0.3 is 0 Å². The zero-order valence-corrected chi connectivity index (χ0v) is 17.1. The maximum Gasteiger partial charge on any atom is 0.162 e. The van der Waals surface area contributed by atoms with Crippen LogP contribution in [0.2, 0.25) is 0 Å². The van der Waals surface area contributed by atoms with E-state index < -0.39 is 0 Å². The van der Waals surface area contributed by atoms with Crippen molar-refractivity contribution >= 4 is 5.65 Å². The number of piperidine rings is 1. The van der Waals surface area contributed by atoms with Gasteiger partial charge in [-0.2, -0.15) is 5.10 Å². The number of hydrogen-bond donors (Lipinski definition) is 0. The van der Waals surface area contributed by atoms with Crippen molar-refractivity contribution in [3.8, 4) is 28.0 Å². The summed E-state index contributed by atoms with van der Waals surface area (Å²) in [5.74, 6) is 1.53. The van der Waals surface area contributed by atoms with E-state index in [-0.39, 0.29) is 0 Å². The van der Waals surface area contributed by atoms with Crippen molar-refractivity contribution in [2.45, 2.75) is 12.8 Å². The second kappa shape index (κ2) is 8.24. The Morgan fingerprint density at radius 3 is 2.63 bits per heavy atom. The van der Waals surface area contributed by atoms with E-state index in [1.807, 2.05) is 47.4 Å². The van der Waals surface area contributed by atoms with Crippen LogP contribution in [0.15, 0.2) is 67.4 Å². The van der Waals surface area contributed by atoms with Crippen LogP contribution in [-0.4, -0.2) is 51.2 Å². The standard InChI is InChI=1S/C24H25N5O/c1-28-12-2-3-18(15-28)17-30-22-6-4-19(5-7-22)21-13-26-24-23(14-27-29(24)16-21)20-8-10-25-11-9-20/h4-11,13-14,16,18H,2-3,12,15,17H2,1H3. The summed E-state index contributed by atoms with van der Waals surface area (Å²) in [5.41, 5.74) is 5.01. The number of hydrogen-bond acceptors (Lipinski definition) is 5. The average molecular weight is 399 g/mol. The fraction of sp³-hybridized carbons (Fsp3) is 0.292. The van der Waals surface area contributed by atoms with Gasteiger partial charge in [0.2, 0.25) is 0 Å². The smallest absolute Gasteiger partial charge is 0.162 e. The van der Waals surface area contributed by atoms with Gasteiger partial charge in [-0.3, -0.25) is 4.98 Å². The van der Waals surface area contributed by atoms with Crippen molar-refractivity contribution in [3.05, 3.63) is 67.4 Å². The average Bonchev–Trinajstić information content (AvgIpc) is 3.22. The molecule has 1 unspecified atom stereocenters. The van der Waals surface area contributed by atoms with E-state index in [4.69, 9.17) is 4.74 Å². The highest BCUT2D eigenvalue weighted by Gasteiger charge is 2.17. The van der Waals surface area contributed by atoms with E-state index in [1.54, 1.807) is 12.4 Å². The molecule has 1 aromatic carbocycles. The molecular formula is C24H25N5O. The second-order valence-electron chi connectivity index (χ2n) is 8.01. The third-order valence-electron chi connectivity index (χ3n) is 5.74. The minimum atomic E-state index is 0.615. The maximum atomic E-state index is 6.04. The van der Waals surface area contributed by atoms with Crippen LogP contribution < -0.4 is 4.74 Å². The number of likely N-dealkylation sites (tertiary alicyclic amines) is 1. The quantitative estimate of drug-likeness (QED) is 0.504. The van der Waals surface area contributed by atoms with Crippen LogP contribution in [0.3, 0.4) is 0 Å². The Kier molecular flexibility index (Phi) is 5.15. The van der Waals surface area contributed by atoms with Crippen LogP contribution in [0.25, 0.3) is 27.9 Å². The van der Waals surface area contributed by atoms with Crippen molar-refractivity contribution < 1.29 is 4.74 Å². The first-order valence-corrected chi connectivity index (χ1v) is 10.4. The fourth-order valence-electron chi connectivity index (χ4n) is 4.13. The Balaban J connectivity index is 1.30. The third kappa shape index (κ3) is 3.91. The van der Waals surface area contributed by atoms with Gasteiger partial charge in [0.05, 0.1) is 12.8 Å². The van der Waals surface area contributed by atoms with E-state index in [1.165, 1.54) is 19.4 Å². The Morgan fingerprint density at radius 2 is 1.83 bits per heavy atom. The van der Waals surface area contributed by atoms with Crippen LogP contribution in [0.1, 0.15) is 12.8 Å². The summed E-state index contributed by atoms with van der Waals surface area (Å²) in [5, 5.41) is 4.49. The zero-order chi connectivity index (χ0) is 20.3. The largest absolute Gasteiger partial charge is 0.493 e. The number of aromatic nitrogens is 4. The molecule has 0 aliphatic carbocycles. The van der Waals surface area contributed by atoms with Gasteiger partial charge in [-0.1, -0.05) is 12.1 Å². The normalized spacial score (nSPS) is 17.3. The molecule has 5 rings (SSSR count). The molecule has 4 heterocycles. The maximum absolute atomic E-state index is 6.04. The van der Waals surface area contributed by atoms with E-state index in [2.05, 4.69) is 39.1 Å².